The van der Waals surface area contributed by atoms with E-state index in [1.807, 2.05) is 35.2 Å². The molecule has 0 aliphatic carbocycles. The first-order valence-electron chi connectivity index (χ1n) is 7.88. The van der Waals surface area contributed by atoms with Crippen molar-refractivity contribution in [3.63, 3.8) is 0 Å². The van der Waals surface area contributed by atoms with Crippen LogP contribution in [-0.4, -0.2) is 49.6 Å². The Morgan fingerprint density at radius 3 is 2.46 bits per heavy atom. The van der Waals surface area contributed by atoms with Gasteiger partial charge in [-0.2, -0.15) is 0 Å². The highest BCUT2D eigenvalue weighted by Crippen LogP contribution is 2.08. The zero-order valence-corrected chi connectivity index (χ0v) is 14.4. The summed E-state index contributed by atoms with van der Waals surface area (Å²) < 4.78 is 4.73. The molecule has 1 atom stereocenters. The molecule has 0 aliphatic heterocycles. The molecule has 0 bridgehead atoms. The fourth-order valence-electron chi connectivity index (χ4n) is 2.26. The van der Waals surface area contributed by atoms with Crippen LogP contribution in [0.2, 0.25) is 0 Å². The number of nitrogens with zero attached hydrogens (tertiary/aromatic N) is 1. The number of amides is 3. The summed E-state index contributed by atoms with van der Waals surface area (Å²) in [5.74, 6) is -1.14. The molecular formula is C17H25N3O4. The van der Waals surface area contributed by atoms with Gasteiger partial charge in [-0.1, -0.05) is 37.3 Å². The predicted molar refractivity (Wildman–Crippen MR) is 90.1 cm³/mol. The summed E-state index contributed by atoms with van der Waals surface area (Å²) in [5.41, 5.74) is 1.01. The summed E-state index contributed by atoms with van der Waals surface area (Å²) in [6, 6.07) is 9.09. The molecule has 24 heavy (non-hydrogen) atoms. The van der Waals surface area contributed by atoms with E-state index in [1.54, 1.807) is 13.8 Å². The van der Waals surface area contributed by atoms with Crippen LogP contribution >= 0.6 is 0 Å². The number of rotatable bonds is 8. The van der Waals surface area contributed by atoms with Crippen LogP contribution in [0.15, 0.2) is 30.3 Å². The molecule has 0 fully saturated rings. The molecule has 0 spiro atoms. The molecule has 1 aromatic rings. The quantitative estimate of drug-likeness (QED) is 0.696. The minimum atomic E-state index is -0.525. The number of methoxy groups -OCH3 is 1. The Balaban J connectivity index is 2.71. The van der Waals surface area contributed by atoms with Crippen LogP contribution in [0.5, 0.6) is 0 Å². The molecule has 2 N–H and O–H groups in total. The van der Waals surface area contributed by atoms with Gasteiger partial charge in [0, 0.05) is 19.6 Å². The van der Waals surface area contributed by atoms with Crippen molar-refractivity contribution < 1.29 is 19.1 Å². The molecule has 132 valence electrons. The molecule has 0 saturated heterocycles. The van der Waals surface area contributed by atoms with Crippen molar-refractivity contribution in [2.75, 3.05) is 26.7 Å². The lowest BCUT2D eigenvalue weighted by atomic mass is 10.1. The Morgan fingerprint density at radius 1 is 1.21 bits per heavy atom. The van der Waals surface area contributed by atoms with Crippen molar-refractivity contribution in [3.8, 4) is 0 Å². The lowest BCUT2D eigenvalue weighted by Crippen LogP contribution is -2.45. The predicted octanol–water partition coefficient (Wildman–Crippen LogP) is 1.14. The molecule has 0 unspecified atom stereocenters. The Labute approximate surface area is 142 Å². The highest BCUT2D eigenvalue weighted by Gasteiger charge is 2.20. The maximum absolute atomic E-state index is 12.0. The lowest BCUT2D eigenvalue weighted by molar-refractivity contribution is -0.145. The summed E-state index contributed by atoms with van der Waals surface area (Å²) in [4.78, 5) is 36.9. The monoisotopic (exact) mass is 335 g/mol. The standard InChI is InChI=1S/C17H25N3O4/c1-4-18-17(23)19-15(21)12-20(10-13(2)16(22)24-3)11-14-8-6-5-7-9-14/h5-9,13H,4,10-12H2,1-3H3,(H2,18,19,21,23)/t13-/m1/s1. The van der Waals surface area contributed by atoms with Crippen LogP contribution in [0.25, 0.3) is 0 Å². The molecule has 3 amide bonds. The van der Waals surface area contributed by atoms with Crippen LogP contribution in [0.1, 0.15) is 19.4 Å². The smallest absolute Gasteiger partial charge is 0.321 e. The van der Waals surface area contributed by atoms with Crippen molar-refractivity contribution in [3.05, 3.63) is 35.9 Å². The van der Waals surface area contributed by atoms with E-state index in [0.29, 0.717) is 19.6 Å². The number of ether oxygens (including phenoxy) is 1. The Hall–Kier alpha value is -2.41. The van der Waals surface area contributed by atoms with Gasteiger partial charge in [-0.15, -0.1) is 0 Å². The molecule has 0 radical (unpaired) electrons. The van der Waals surface area contributed by atoms with E-state index in [2.05, 4.69) is 10.6 Å². The van der Waals surface area contributed by atoms with E-state index >= 15 is 0 Å². The molecule has 0 aromatic heterocycles. The van der Waals surface area contributed by atoms with Crippen molar-refractivity contribution in [1.29, 1.82) is 0 Å². The second-order valence-electron chi connectivity index (χ2n) is 5.49. The van der Waals surface area contributed by atoms with Crippen LogP contribution in [0.3, 0.4) is 0 Å². The second-order valence-corrected chi connectivity index (χ2v) is 5.49. The average Bonchev–Trinajstić information content (AvgIpc) is 2.54. The van der Waals surface area contributed by atoms with E-state index in [0.717, 1.165) is 5.56 Å². The van der Waals surface area contributed by atoms with E-state index in [9.17, 15) is 14.4 Å². The first-order chi connectivity index (χ1) is 11.5. The summed E-state index contributed by atoms with van der Waals surface area (Å²) >= 11 is 0. The van der Waals surface area contributed by atoms with Crippen molar-refractivity contribution in [2.45, 2.75) is 20.4 Å². The van der Waals surface area contributed by atoms with E-state index in [4.69, 9.17) is 4.74 Å². The van der Waals surface area contributed by atoms with Crippen LogP contribution in [-0.2, 0) is 20.9 Å². The molecule has 0 heterocycles. The molecule has 7 nitrogen and oxygen atoms in total. The number of imide groups is 1. The molecule has 0 aliphatic rings. The van der Waals surface area contributed by atoms with Gasteiger partial charge in [0.2, 0.25) is 5.91 Å². The number of carbonyl (C=O) groups excluding carboxylic acids is 3. The molecular weight excluding hydrogens is 310 g/mol. The minimum Gasteiger partial charge on any atom is -0.469 e. The Bertz CT molecular complexity index is 548. The second kappa shape index (κ2) is 10.4. The highest BCUT2D eigenvalue weighted by molar-refractivity contribution is 5.95. The van der Waals surface area contributed by atoms with Crippen LogP contribution in [0.4, 0.5) is 4.79 Å². The number of benzene rings is 1. The third-order valence-electron chi connectivity index (χ3n) is 3.34. The van der Waals surface area contributed by atoms with Gasteiger partial charge in [-0.3, -0.25) is 19.8 Å². The normalized spacial score (nSPS) is 11.7. The number of hydrogen-bond donors (Lipinski definition) is 2. The largest absolute Gasteiger partial charge is 0.469 e. The van der Waals surface area contributed by atoms with Gasteiger partial charge >= 0.3 is 12.0 Å². The summed E-state index contributed by atoms with van der Waals surface area (Å²) in [6.07, 6.45) is 0. The van der Waals surface area contributed by atoms with Gasteiger partial charge in [-0.05, 0) is 12.5 Å². The summed E-state index contributed by atoms with van der Waals surface area (Å²) in [6.45, 7) is 4.80. The van der Waals surface area contributed by atoms with E-state index < -0.39 is 11.9 Å². The zero-order chi connectivity index (χ0) is 17.9. The number of urea groups is 1. The van der Waals surface area contributed by atoms with Crippen LogP contribution in [0, 0.1) is 5.92 Å². The molecule has 1 rings (SSSR count). The average molecular weight is 335 g/mol. The third kappa shape index (κ3) is 7.23. The van der Waals surface area contributed by atoms with Crippen molar-refractivity contribution in [2.24, 2.45) is 5.92 Å². The van der Waals surface area contributed by atoms with E-state index in [1.165, 1.54) is 7.11 Å². The minimum absolute atomic E-state index is 0.00730. The molecule has 7 heteroatoms. The molecule has 1 aromatic carbocycles. The van der Waals surface area contributed by atoms with Gasteiger partial charge in [0.15, 0.2) is 0 Å². The van der Waals surface area contributed by atoms with Crippen molar-refractivity contribution in [1.82, 2.24) is 15.5 Å². The number of esters is 1. The Morgan fingerprint density at radius 2 is 1.88 bits per heavy atom. The van der Waals surface area contributed by atoms with Gasteiger partial charge in [0.1, 0.15) is 0 Å². The maximum Gasteiger partial charge on any atom is 0.321 e. The maximum atomic E-state index is 12.0. The highest BCUT2D eigenvalue weighted by atomic mass is 16.5. The topological polar surface area (TPSA) is 87.7 Å². The molecule has 0 saturated carbocycles. The summed E-state index contributed by atoms with van der Waals surface area (Å²) in [7, 11) is 1.34. The first-order valence-corrected chi connectivity index (χ1v) is 7.88. The van der Waals surface area contributed by atoms with Crippen LogP contribution < -0.4 is 10.6 Å². The van der Waals surface area contributed by atoms with E-state index in [-0.39, 0.29) is 18.4 Å². The fourth-order valence-corrected chi connectivity index (χ4v) is 2.26. The number of carbonyl (C=O) groups is 3. The Kier molecular flexibility index (Phi) is 8.49. The number of nitrogens with one attached hydrogen (secondary N) is 2. The first kappa shape index (κ1) is 19.6. The number of hydrogen-bond acceptors (Lipinski definition) is 5. The van der Waals surface area contributed by atoms with Crippen molar-refractivity contribution >= 4 is 17.9 Å². The lowest BCUT2D eigenvalue weighted by Gasteiger charge is -2.24. The fraction of sp³-hybridized carbons (Fsp3) is 0.471. The zero-order valence-electron chi connectivity index (χ0n) is 14.4. The summed E-state index contributed by atoms with van der Waals surface area (Å²) in [5, 5.41) is 4.77. The van der Waals surface area contributed by atoms with Gasteiger partial charge in [0.25, 0.3) is 0 Å². The van der Waals surface area contributed by atoms with Gasteiger partial charge < -0.3 is 10.1 Å². The van der Waals surface area contributed by atoms with Gasteiger partial charge in [0.05, 0.1) is 19.6 Å². The SMILES string of the molecule is CCNC(=O)NC(=O)CN(Cc1ccccc1)C[C@@H](C)C(=O)OC. The van der Waals surface area contributed by atoms with Gasteiger partial charge in [-0.25, -0.2) is 4.79 Å². The third-order valence-corrected chi connectivity index (χ3v) is 3.34.